The lowest BCUT2D eigenvalue weighted by molar-refractivity contribution is -0.123. The van der Waals surface area contributed by atoms with Crippen LogP contribution in [0.15, 0.2) is 73.2 Å². The van der Waals surface area contributed by atoms with Crippen LogP contribution in [0.2, 0.25) is 0 Å². The first kappa shape index (κ1) is 18.8. The Hall–Kier alpha value is -3.94. The average molecular weight is 378 g/mol. The zero-order chi connectivity index (χ0) is 19.6. The second-order valence-electron chi connectivity index (χ2n) is 5.63. The SMILES string of the molecule is O=C(COc1ccc(OCc2ccccc2)cc1)NNC(=O)c1cnccn1. The lowest BCUT2D eigenvalue weighted by atomic mass is 10.2. The molecule has 0 aliphatic heterocycles. The van der Waals surface area contributed by atoms with E-state index < -0.39 is 11.8 Å². The molecule has 142 valence electrons. The van der Waals surface area contributed by atoms with Crippen LogP contribution in [0.1, 0.15) is 16.1 Å². The van der Waals surface area contributed by atoms with E-state index >= 15 is 0 Å². The van der Waals surface area contributed by atoms with Crippen molar-refractivity contribution >= 4 is 11.8 Å². The van der Waals surface area contributed by atoms with Crippen LogP contribution < -0.4 is 20.3 Å². The van der Waals surface area contributed by atoms with Gasteiger partial charge in [-0.25, -0.2) is 4.98 Å². The van der Waals surface area contributed by atoms with Gasteiger partial charge in [-0.1, -0.05) is 30.3 Å². The molecule has 8 nitrogen and oxygen atoms in total. The van der Waals surface area contributed by atoms with Gasteiger partial charge in [0.15, 0.2) is 6.61 Å². The summed E-state index contributed by atoms with van der Waals surface area (Å²) >= 11 is 0. The summed E-state index contributed by atoms with van der Waals surface area (Å²) in [6.07, 6.45) is 4.12. The fourth-order valence-electron chi connectivity index (χ4n) is 2.16. The average Bonchev–Trinajstić information content (AvgIpc) is 2.76. The van der Waals surface area contributed by atoms with Gasteiger partial charge < -0.3 is 9.47 Å². The van der Waals surface area contributed by atoms with Gasteiger partial charge in [-0.15, -0.1) is 0 Å². The van der Waals surface area contributed by atoms with Gasteiger partial charge in [0.1, 0.15) is 23.8 Å². The molecular weight excluding hydrogens is 360 g/mol. The molecule has 1 heterocycles. The number of nitrogens with zero attached hydrogens (tertiary/aromatic N) is 2. The van der Waals surface area contributed by atoms with E-state index in [2.05, 4.69) is 20.8 Å². The van der Waals surface area contributed by atoms with E-state index in [1.165, 1.54) is 18.6 Å². The molecule has 0 saturated carbocycles. The predicted molar refractivity (Wildman–Crippen MR) is 100 cm³/mol. The van der Waals surface area contributed by atoms with Gasteiger partial charge in [0.05, 0.1) is 6.20 Å². The fourth-order valence-corrected chi connectivity index (χ4v) is 2.16. The minimum absolute atomic E-state index is 0.0924. The van der Waals surface area contributed by atoms with Crippen molar-refractivity contribution in [3.8, 4) is 11.5 Å². The molecular formula is C20H18N4O4. The minimum atomic E-state index is -0.568. The maximum atomic E-state index is 11.8. The second-order valence-corrected chi connectivity index (χ2v) is 5.63. The largest absolute Gasteiger partial charge is 0.489 e. The Morgan fingerprint density at radius 3 is 2.25 bits per heavy atom. The summed E-state index contributed by atoms with van der Waals surface area (Å²) in [7, 11) is 0. The van der Waals surface area contributed by atoms with Crippen LogP contribution in [0.25, 0.3) is 0 Å². The predicted octanol–water partition coefficient (Wildman–Crippen LogP) is 1.90. The van der Waals surface area contributed by atoms with E-state index in [0.717, 1.165) is 5.56 Å². The normalized spacial score (nSPS) is 10.0. The van der Waals surface area contributed by atoms with E-state index in [1.807, 2.05) is 30.3 Å². The Morgan fingerprint density at radius 2 is 1.57 bits per heavy atom. The number of benzene rings is 2. The first-order chi connectivity index (χ1) is 13.7. The first-order valence-electron chi connectivity index (χ1n) is 8.45. The van der Waals surface area contributed by atoms with Crippen LogP contribution in [0, 0.1) is 0 Å². The molecule has 0 aliphatic rings. The number of nitrogens with one attached hydrogen (secondary N) is 2. The molecule has 0 aliphatic carbocycles. The Labute approximate surface area is 161 Å². The lowest BCUT2D eigenvalue weighted by Gasteiger charge is -2.10. The number of carbonyl (C=O) groups excluding carboxylic acids is 2. The number of hydrogen-bond donors (Lipinski definition) is 2. The van der Waals surface area contributed by atoms with Gasteiger partial charge in [0, 0.05) is 12.4 Å². The van der Waals surface area contributed by atoms with Gasteiger partial charge >= 0.3 is 0 Å². The third-order valence-electron chi connectivity index (χ3n) is 3.55. The van der Waals surface area contributed by atoms with Gasteiger partial charge in [-0.2, -0.15) is 0 Å². The third-order valence-corrected chi connectivity index (χ3v) is 3.55. The number of amides is 2. The van der Waals surface area contributed by atoms with Gasteiger partial charge in [-0.3, -0.25) is 25.4 Å². The van der Waals surface area contributed by atoms with E-state index in [4.69, 9.17) is 9.47 Å². The van der Waals surface area contributed by atoms with Gasteiger partial charge in [0.25, 0.3) is 11.8 Å². The quantitative estimate of drug-likeness (QED) is 0.609. The molecule has 8 heteroatoms. The van der Waals surface area contributed by atoms with Gasteiger partial charge in [-0.05, 0) is 29.8 Å². The van der Waals surface area contributed by atoms with Crippen molar-refractivity contribution in [1.29, 1.82) is 0 Å². The van der Waals surface area contributed by atoms with Crippen LogP contribution in [-0.4, -0.2) is 28.4 Å². The molecule has 0 saturated heterocycles. The van der Waals surface area contributed by atoms with Crippen molar-refractivity contribution in [3.05, 3.63) is 84.4 Å². The summed E-state index contributed by atoms with van der Waals surface area (Å²) in [5.74, 6) is 0.113. The molecule has 2 amide bonds. The molecule has 3 rings (SSSR count). The molecule has 0 unspecified atom stereocenters. The van der Waals surface area contributed by atoms with Crippen LogP contribution in [0.3, 0.4) is 0 Å². The van der Waals surface area contributed by atoms with Crippen molar-refractivity contribution in [2.45, 2.75) is 6.61 Å². The second kappa shape index (κ2) is 9.67. The molecule has 0 radical (unpaired) electrons. The summed E-state index contributed by atoms with van der Waals surface area (Å²) in [4.78, 5) is 31.1. The van der Waals surface area contributed by atoms with Crippen LogP contribution in [-0.2, 0) is 11.4 Å². The van der Waals surface area contributed by atoms with E-state index in [9.17, 15) is 9.59 Å². The maximum Gasteiger partial charge on any atom is 0.289 e. The van der Waals surface area contributed by atoms with Crippen molar-refractivity contribution in [2.75, 3.05) is 6.61 Å². The molecule has 0 bridgehead atoms. The van der Waals surface area contributed by atoms with Crippen molar-refractivity contribution in [2.24, 2.45) is 0 Å². The van der Waals surface area contributed by atoms with Crippen LogP contribution in [0.4, 0.5) is 0 Å². The Morgan fingerprint density at radius 1 is 0.857 bits per heavy atom. The number of aromatic nitrogens is 2. The lowest BCUT2D eigenvalue weighted by Crippen LogP contribution is -2.44. The monoisotopic (exact) mass is 378 g/mol. The topological polar surface area (TPSA) is 102 Å². The summed E-state index contributed by atoms with van der Waals surface area (Å²) in [6, 6.07) is 16.7. The summed E-state index contributed by atoms with van der Waals surface area (Å²) < 4.78 is 11.1. The third kappa shape index (κ3) is 5.80. The van der Waals surface area contributed by atoms with Crippen molar-refractivity contribution in [1.82, 2.24) is 20.8 Å². The van der Waals surface area contributed by atoms with Crippen molar-refractivity contribution < 1.29 is 19.1 Å². The zero-order valence-electron chi connectivity index (χ0n) is 14.9. The molecule has 2 aromatic carbocycles. The number of ether oxygens (including phenoxy) is 2. The number of carbonyl (C=O) groups is 2. The Bertz CT molecular complexity index is 903. The highest BCUT2D eigenvalue weighted by atomic mass is 16.5. The maximum absolute atomic E-state index is 11.8. The summed E-state index contributed by atoms with van der Waals surface area (Å²) in [6.45, 7) is 0.208. The molecule has 2 N–H and O–H groups in total. The molecule has 3 aromatic rings. The zero-order valence-corrected chi connectivity index (χ0v) is 14.9. The Balaban J connectivity index is 1.39. The first-order valence-corrected chi connectivity index (χ1v) is 8.45. The number of hydrogen-bond acceptors (Lipinski definition) is 6. The highest BCUT2D eigenvalue weighted by Gasteiger charge is 2.09. The standard InChI is InChI=1S/C20H18N4O4/c25-19(23-24-20(26)18-12-21-10-11-22-18)14-28-17-8-6-16(7-9-17)27-13-15-4-2-1-3-5-15/h1-12H,13-14H2,(H,23,25)(H,24,26). The van der Waals surface area contributed by atoms with Gasteiger partial charge in [0.2, 0.25) is 0 Å². The fraction of sp³-hybridized carbons (Fsp3) is 0.100. The summed E-state index contributed by atoms with van der Waals surface area (Å²) in [5.41, 5.74) is 5.65. The van der Waals surface area contributed by atoms with Crippen LogP contribution >= 0.6 is 0 Å². The molecule has 0 fully saturated rings. The summed E-state index contributed by atoms with van der Waals surface area (Å²) in [5, 5.41) is 0. The van der Waals surface area contributed by atoms with Crippen molar-refractivity contribution in [3.63, 3.8) is 0 Å². The molecule has 0 atom stereocenters. The Kier molecular flexibility index (Phi) is 6.51. The van der Waals surface area contributed by atoms with E-state index in [0.29, 0.717) is 18.1 Å². The van der Waals surface area contributed by atoms with E-state index in [-0.39, 0.29) is 12.3 Å². The highest BCUT2D eigenvalue weighted by Crippen LogP contribution is 2.18. The van der Waals surface area contributed by atoms with E-state index in [1.54, 1.807) is 24.3 Å². The minimum Gasteiger partial charge on any atom is -0.489 e. The molecule has 0 spiro atoms. The smallest absolute Gasteiger partial charge is 0.289 e. The molecule has 28 heavy (non-hydrogen) atoms. The molecule has 1 aromatic heterocycles. The number of rotatable bonds is 7. The number of hydrazine groups is 1. The highest BCUT2D eigenvalue weighted by molar-refractivity contribution is 5.93. The van der Waals surface area contributed by atoms with Crippen LogP contribution in [0.5, 0.6) is 11.5 Å².